The molecule has 1 aromatic carbocycles. The minimum absolute atomic E-state index is 0.133. The van der Waals surface area contributed by atoms with Crippen molar-refractivity contribution in [1.29, 1.82) is 0 Å². The summed E-state index contributed by atoms with van der Waals surface area (Å²) in [6, 6.07) is 14.6. The molecule has 3 rings (SSSR count). The molecule has 1 aliphatic rings. The van der Waals surface area contributed by atoms with Gasteiger partial charge in [0.1, 0.15) is 0 Å². The largest absolute Gasteiger partial charge is 0.353 e. The first kappa shape index (κ1) is 18.0. The molecule has 2 heterocycles. The number of likely N-dealkylation sites (tertiary alicyclic amines) is 1. The number of piperidine rings is 1. The first-order valence-electron chi connectivity index (χ1n) is 8.80. The summed E-state index contributed by atoms with van der Waals surface area (Å²) in [5.41, 5.74) is 2.35. The van der Waals surface area contributed by atoms with E-state index in [4.69, 9.17) is 0 Å². The molecule has 1 saturated heterocycles. The lowest BCUT2D eigenvalue weighted by atomic mass is 10.0. The first-order valence-corrected chi connectivity index (χ1v) is 9.79. The van der Waals surface area contributed by atoms with E-state index >= 15 is 0 Å². The van der Waals surface area contributed by atoms with Crippen LogP contribution in [0.25, 0.3) is 0 Å². The van der Waals surface area contributed by atoms with Gasteiger partial charge in [0.15, 0.2) is 0 Å². The van der Waals surface area contributed by atoms with Crippen LogP contribution in [0.4, 0.5) is 0 Å². The predicted molar refractivity (Wildman–Crippen MR) is 103 cm³/mol. The number of hydrogen-bond acceptors (Lipinski definition) is 4. The number of carbonyl (C=O) groups is 1. The molecule has 1 amide bonds. The van der Waals surface area contributed by atoms with Crippen molar-refractivity contribution in [3.8, 4) is 0 Å². The molecular formula is C20H25N3OS. The molecule has 0 radical (unpaired) electrons. The zero-order valence-electron chi connectivity index (χ0n) is 14.6. The van der Waals surface area contributed by atoms with E-state index in [-0.39, 0.29) is 5.91 Å². The normalized spacial score (nSPS) is 15.9. The second-order valence-electron chi connectivity index (χ2n) is 6.54. The molecule has 0 atom stereocenters. The molecule has 0 bridgehead atoms. The average molecular weight is 356 g/mol. The van der Waals surface area contributed by atoms with Crippen molar-refractivity contribution in [2.45, 2.75) is 37.2 Å². The number of thioether (sulfide) groups is 1. The number of rotatable bonds is 6. The van der Waals surface area contributed by atoms with Gasteiger partial charge in [-0.25, -0.2) is 0 Å². The van der Waals surface area contributed by atoms with Crippen LogP contribution in [-0.4, -0.2) is 40.7 Å². The molecule has 0 unspecified atom stereocenters. The Balaban J connectivity index is 1.36. The van der Waals surface area contributed by atoms with E-state index in [1.165, 1.54) is 5.56 Å². The smallest absolute Gasteiger partial charge is 0.230 e. The summed E-state index contributed by atoms with van der Waals surface area (Å²) in [5, 5.41) is 3.18. The lowest BCUT2D eigenvalue weighted by Gasteiger charge is -2.32. The summed E-state index contributed by atoms with van der Waals surface area (Å²) >= 11 is 1.60. The van der Waals surface area contributed by atoms with Crippen molar-refractivity contribution >= 4 is 17.7 Å². The van der Waals surface area contributed by atoms with Crippen LogP contribution in [0.3, 0.4) is 0 Å². The van der Waals surface area contributed by atoms with Gasteiger partial charge in [0, 0.05) is 36.8 Å². The molecular weight excluding hydrogens is 330 g/mol. The van der Waals surface area contributed by atoms with Gasteiger partial charge < -0.3 is 5.32 Å². The van der Waals surface area contributed by atoms with Crippen LogP contribution in [-0.2, 0) is 11.3 Å². The Hall–Kier alpha value is -1.85. The van der Waals surface area contributed by atoms with Gasteiger partial charge in [0.25, 0.3) is 0 Å². The Labute approximate surface area is 154 Å². The quantitative estimate of drug-likeness (QED) is 0.808. The maximum absolute atomic E-state index is 12.2. The van der Waals surface area contributed by atoms with E-state index in [1.54, 1.807) is 11.8 Å². The van der Waals surface area contributed by atoms with Gasteiger partial charge >= 0.3 is 0 Å². The Morgan fingerprint density at radius 3 is 2.64 bits per heavy atom. The van der Waals surface area contributed by atoms with Crippen molar-refractivity contribution in [3.05, 3.63) is 59.9 Å². The van der Waals surface area contributed by atoms with Crippen LogP contribution in [0, 0.1) is 6.92 Å². The third kappa shape index (κ3) is 5.87. The summed E-state index contributed by atoms with van der Waals surface area (Å²) in [7, 11) is 0. The third-order valence-corrected chi connectivity index (χ3v) is 5.47. The van der Waals surface area contributed by atoms with E-state index in [0.717, 1.165) is 43.1 Å². The van der Waals surface area contributed by atoms with Crippen LogP contribution in [0.15, 0.2) is 53.6 Å². The molecule has 1 fully saturated rings. The van der Waals surface area contributed by atoms with Crippen LogP contribution in [0.5, 0.6) is 0 Å². The highest BCUT2D eigenvalue weighted by Gasteiger charge is 2.20. The number of amides is 1. The number of nitrogens with one attached hydrogen (secondary N) is 1. The lowest BCUT2D eigenvalue weighted by Crippen LogP contribution is -2.44. The molecule has 5 heteroatoms. The summed E-state index contributed by atoms with van der Waals surface area (Å²) in [4.78, 5) is 20.1. The first-order chi connectivity index (χ1) is 12.2. The number of carbonyl (C=O) groups excluding carboxylic acids is 1. The Bertz CT molecular complexity index is 667. The van der Waals surface area contributed by atoms with Crippen molar-refractivity contribution in [1.82, 2.24) is 15.2 Å². The van der Waals surface area contributed by atoms with Gasteiger partial charge in [0.2, 0.25) is 5.91 Å². The van der Waals surface area contributed by atoms with Gasteiger partial charge in [-0.2, -0.15) is 0 Å². The minimum atomic E-state index is 0.133. The maximum Gasteiger partial charge on any atom is 0.230 e. The highest BCUT2D eigenvalue weighted by molar-refractivity contribution is 8.00. The Kier molecular flexibility index (Phi) is 6.48. The molecule has 1 aromatic heterocycles. The number of aromatic nitrogens is 1. The van der Waals surface area contributed by atoms with Crippen LogP contribution >= 0.6 is 11.8 Å². The fraction of sp³-hybridized carbons (Fsp3) is 0.400. The van der Waals surface area contributed by atoms with E-state index in [2.05, 4.69) is 52.5 Å². The second kappa shape index (κ2) is 9.02. The number of benzene rings is 1. The summed E-state index contributed by atoms with van der Waals surface area (Å²) in [5.74, 6) is 0.616. The monoisotopic (exact) mass is 355 g/mol. The molecule has 0 aliphatic carbocycles. The highest BCUT2D eigenvalue weighted by Crippen LogP contribution is 2.18. The van der Waals surface area contributed by atoms with Gasteiger partial charge in [-0.05, 0) is 44.0 Å². The lowest BCUT2D eigenvalue weighted by molar-refractivity contribution is -0.119. The SMILES string of the molecule is Cc1ccc(SCC(=O)NC2CCN(Cc3ccccn3)CC2)cc1. The molecule has 0 spiro atoms. The molecule has 2 aromatic rings. The third-order valence-electron chi connectivity index (χ3n) is 4.46. The van der Waals surface area contributed by atoms with Crippen LogP contribution in [0.1, 0.15) is 24.1 Å². The molecule has 1 aliphatic heterocycles. The average Bonchev–Trinajstić information content (AvgIpc) is 2.64. The second-order valence-corrected chi connectivity index (χ2v) is 7.59. The van der Waals surface area contributed by atoms with Crippen molar-refractivity contribution in [2.24, 2.45) is 0 Å². The molecule has 1 N–H and O–H groups in total. The molecule has 0 saturated carbocycles. The van der Waals surface area contributed by atoms with Gasteiger partial charge in [-0.3, -0.25) is 14.7 Å². The Morgan fingerprint density at radius 2 is 1.96 bits per heavy atom. The fourth-order valence-corrected chi connectivity index (χ4v) is 3.72. The van der Waals surface area contributed by atoms with E-state index in [9.17, 15) is 4.79 Å². The van der Waals surface area contributed by atoms with Crippen molar-refractivity contribution in [3.63, 3.8) is 0 Å². The molecule has 4 nitrogen and oxygen atoms in total. The van der Waals surface area contributed by atoms with Gasteiger partial charge in [-0.1, -0.05) is 23.8 Å². The summed E-state index contributed by atoms with van der Waals surface area (Å²) in [6.07, 6.45) is 3.86. The van der Waals surface area contributed by atoms with Crippen molar-refractivity contribution in [2.75, 3.05) is 18.8 Å². The summed E-state index contributed by atoms with van der Waals surface area (Å²) in [6.45, 7) is 4.98. The molecule has 132 valence electrons. The number of pyridine rings is 1. The van der Waals surface area contributed by atoms with Crippen LogP contribution < -0.4 is 5.32 Å². The molecule has 25 heavy (non-hydrogen) atoms. The highest BCUT2D eigenvalue weighted by atomic mass is 32.2. The Morgan fingerprint density at radius 1 is 1.20 bits per heavy atom. The number of hydrogen-bond donors (Lipinski definition) is 1. The van der Waals surface area contributed by atoms with E-state index in [0.29, 0.717) is 11.8 Å². The van der Waals surface area contributed by atoms with Crippen molar-refractivity contribution < 1.29 is 4.79 Å². The summed E-state index contributed by atoms with van der Waals surface area (Å²) < 4.78 is 0. The van der Waals surface area contributed by atoms with E-state index < -0.39 is 0 Å². The number of nitrogens with zero attached hydrogens (tertiary/aromatic N) is 2. The number of aryl methyl sites for hydroxylation is 1. The zero-order valence-corrected chi connectivity index (χ0v) is 15.5. The maximum atomic E-state index is 12.2. The van der Waals surface area contributed by atoms with Gasteiger partial charge in [0.05, 0.1) is 11.4 Å². The fourth-order valence-electron chi connectivity index (χ4n) is 3.01. The topological polar surface area (TPSA) is 45.2 Å². The van der Waals surface area contributed by atoms with E-state index in [1.807, 2.05) is 18.3 Å². The predicted octanol–water partition coefficient (Wildman–Crippen LogP) is 3.26. The van der Waals surface area contributed by atoms with Gasteiger partial charge in [-0.15, -0.1) is 11.8 Å². The zero-order chi connectivity index (χ0) is 17.5. The van der Waals surface area contributed by atoms with Crippen LogP contribution in [0.2, 0.25) is 0 Å². The standard InChI is InChI=1S/C20H25N3OS/c1-16-5-7-19(8-6-16)25-15-20(24)22-17-9-12-23(13-10-17)14-18-4-2-3-11-21-18/h2-8,11,17H,9-10,12-15H2,1H3,(H,22,24). The minimum Gasteiger partial charge on any atom is -0.353 e.